The number of aromatic amines is 1. The Morgan fingerprint density at radius 1 is 0.977 bits per heavy atom. The minimum atomic E-state index is -0.773. The Kier molecular flexibility index (Phi) is 8.01. The number of ketones is 1. The lowest BCUT2D eigenvalue weighted by Crippen LogP contribution is -2.46. The number of carbonyl (C=O) groups excluding carboxylic acids is 2. The first-order valence-electron chi connectivity index (χ1n) is 13.9. The first-order valence-corrected chi connectivity index (χ1v) is 13.9. The lowest BCUT2D eigenvalue weighted by atomic mass is 10.1. The number of carbonyl (C=O) groups is 2. The van der Waals surface area contributed by atoms with Crippen LogP contribution in [0.4, 0.5) is 14.5 Å². The van der Waals surface area contributed by atoms with Crippen LogP contribution in [0.2, 0.25) is 0 Å². The van der Waals surface area contributed by atoms with Crippen molar-refractivity contribution in [2.75, 3.05) is 45.1 Å². The molecule has 0 spiro atoms. The van der Waals surface area contributed by atoms with Crippen LogP contribution in [-0.2, 0) is 0 Å². The van der Waals surface area contributed by atoms with E-state index in [0.717, 1.165) is 32.2 Å². The second-order valence-electron chi connectivity index (χ2n) is 10.5. The third-order valence-electron chi connectivity index (χ3n) is 7.51. The highest BCUT2D eigenvalue weighted by Gasteiger charge is 2.22. The lowest BCUT2D eigenvalue weighted by molar-refractivity contribution is 0.0877. The second-order valence-corrected chi connectivity index (χ2v) is 10.5. The molecule has 5 aromatic rings. The summed E-state index contributed by atoms with van der Waals surface area (Å²) in [6.45, 7) is 3.58. The maximum atomic E-state index is 15.2. The lowest BCUT2D eigenvalue weighted by Gasteiger charge is -2.31. The molecule has 12 heteroatoms. The molecule has 3 aromatic heterocycles. The number of fused-ring (bicyclic) bond motifs is 1. The van der Waals surface area contributed by atoms with Crippen molar-refractivity contribution < 1.29 is 23.1 Å². The van der Waals surface area contributed by atoms with Gasteiger partial charge in [0.2, 0.25) is 0 Å². The van der Waals surface area contributed by atoms with E-state index in [1.54, 1.807) is 12.3 Å². The summed E-state index contributed by atoms with van der Waals surface area (Å²) in [5, 5.41) is 2.98. The molecule has 0 aliphatic carbocycles. The van der Waals surface area contributed by atoms with Gasteiger partial charge in [-0.2, -0.15) is 0 Å². The number of Topliss-reactive ketones (excluding diaryl/α,β-unsaturated/α-hetero) is 1. The fourth-order valence-corrected chi connectivity index (χ4v) is 5.08. The number of nitrogens with zero attached hydrogens (tertiary/aromatic N) is 4. The van der Waals surface area contributed by atoms with Gasteiger partial charge in [-0.1, -0.05) is 0 Å². The van der Waals surface area contributed by atoms with Gasteiger partial charge in [-0.25, -0.2) is 13.8 Å². The molecule has 10 nitrogen and oxygen atoms in total. The van der Waals surface area contributed by atoms with E-state index >= 15 is 4.39 Å². The molecule has 0 atom stereocenters. The Hall–Kier alpha value is -5.20. The van der Waals surface area contributed by atoms with E-state index in [1.165, 1.54) is 65.5 Å². The quantitative estimate of drug-likeness (QED) is 0.254. The van der Waals surface area contributed by atoms with Crippen molar-refractivity contribution >= 4 is 28.4 Å². The monoisotopic (exact) mass is 598 g/mol. The Bertz CT molecular complexity index is 1910. The number of pyridine rings is 2. The molecule has 2 aromatic carbocycles. The van der Waals surface area contributed by atoms with Gasteiger partial charge in [0.25, 0.3) is 11.5 Å². The Morgan fingerprint density at radius 3 is 2.50 bits per heavy atom. The number of piperazine rings is 1. The molecule has 0 unspecified atom stereocenters. The predicted molar refractivity (Wildman–Crippen MR) is 161 cm³/mol. The van der Waals surface area contributed by atoms with Crippen molar-refractivity contribution in [3.05, 3.63) is 112 Å². The van der Waals surface area contributed by atoms with Crippen molar-refractivity contribution in [2.45, 2.75) is 0 Å². The van der Waals surface area contributed by atoms with E-state index in [-0.39, 0.29) is 35.1 Å². The highest BCUT2D eigenvalue weighted by molar-refractivity contribution is 6.10. The molecule has 0 radical (unpaired) electrons. The molecular weight excluding hydrogens is 570 g/mol. The third kappa shape index (κ3) is 5.98. The molecule has 1 amide bonds. The van der Waals surface area contributed by atoms with Crippen LogP contribution in [0, 0.1) is 11.6 Å². The summed E-state index contributed by atoms with van der Waals surface area (Å²) in [6, 6.07) is 13.5. The molecule has 0 saturated carbocycles. The predicted octanol–water partition coefficient (Wildman–Crippen LogP) is 4.47. The number of nitrogens with one attached hydrogen (secondary N) is 2. The summed E-state index contributed by atoms with van der Waals surface area (Å²) in [5.74, 6) is -1.96. The second kappa shape index (κ2) is 12.2. The summed E-state index contributed by atoms with van der Waals surface area (Å²) in [5.41, 5.74) is 0.515. The smallest absolute Gasteiger partial charge is 0.267 e. The van der Waals surface area contributed by atoms with Gasteiger partial charge in [0.1, 0.15) is 22.8 Å². The zero-order valence-electron chi connectivity index (χ0n) is 23.7. The standard InChI is InChI=1S/C32H28F2N6O4/c1-38-13-15-39(16-14-38)19-26(41)24-18-36-30-29(24)28(10-11-35-30)44-27-9-6-21(17-25(27)34)37-31(42)23-3-2-12-40(32(23)43)22-7-4-20(33)5-8-22/h2-12,17-18H,13-16,19H2,1H3,(H,35,36)(H,37,42). The van der Waals surface area contributed by atoms with Crippen molar-refractivity contribution in [3.63, 3.8) is 0 Å². The molecule has 1 fully saturated rings. The maximum Gasteiger partial charge on any atom is 0.267 e. The average molecular weight is 599 g/mol. The average Bonchev–Trinajstić information content (AvgIpc) is 3.46. The number of anilines is 1. The van der Waals surface area contributed by atoms with E-state index in [2.05, 4.69) is 25.1 Å². The summed E-state index contributed by atoms with van der Waals surface area (Å²) < 4.78 is 35.7. The number of benzene rings is 2. The number of rotatable bonds is 8. The van der Waals surface area contributed by atoms with Gasteiger partial charge in [0.15, 0.2) is 17.3 Å². The number of aromatic nitrogens is 3. The molecule has 0 bridgehead atoms. The molecular formula is C32H28F2N6O4. The van der Waals surface area contributed by atoms with Gasteiger partial charge in [-0.15, -0.1) is 0 Å². The van der Waals surface area contributed by atoms with E-state index < -0.39 is 23.1 Å². The van der Waals surface area contributed by atoms with Crippen LogP contribution in [0.1, 0.15) is 20.7 Å². The highest BCUT2D eigenvalue weighted by Crippen LogP contribution is 2.33. The van der Waals surface area contributed by atoms with Crippen LogP contribution in [-0.4, -0.2) is 75.8 Å². The largest absolute Gasteiger partial charge is 0.453 e. The SMILES string of the molecule is CN1CCN(CC(=O)c2c[nH]c3nccc(Oc4ccc(NC(=O)c5cccn(-c6ccc(F)cc6)c5=O)cc4F)c23)CC1. The van der Waals surface area contributed by atoms with Crippen LogP contribution in [0.25, 0.3) is 16.7 Å². The van der Waals surface area contributed by atoms with Gasteiger partial charge in [-0.05, 0) is 61.6 Å². The van der Waals surface area contributed by atoms with E-state index in [1.807, 2.05) is 7.05 Å². The molecule has 1 aliphatic heterocycles. The van der Waals surface area contributed by atoms with Crippen LogP contribution in [0.3, 0.4) is 0 Å². The van der Waals surface area contributed by atoms with Crippen LogP contribution < -0.4 is 15.6 Å². The summed E-state index contributed by atoms with van der Waals surface area (Å²) in [4.78, 5) is 50.7. The zero-order chi connectivity index (χ0) is 30.8. The minimum Gasteiger partial charge on any atom is -0.453 e. The fraction of sp³-hybridized carbons (Fsp3) is 0.188. The minimum absolute atomic E-state index is 0.0981. The molecule has 224 valence electrons. The van der Waals surface area contributed by atoms with Crippen LogP contribution in [0.5, 0.6) is 11.5 Å². The molecule has 6 rings (SSSR count). The summed E-state index contributed by atoms with van der Waals surface area (Å²) >= 11 is 0. The van der Waals surface area contributed by atoms with Crippen LogP contribution in [0.15, 0.2) is 84.0 Å². The molecule has 4 heterocycles. The van der Waals surface area contributed by atoms with Crippen molar-refractivity contribution in [1.29, 1.82) is 0 Å². The molecule has 1 saturated heterocycles. The van der Waals surface area contributed by atoms with Gasteiger partial charge in [0, 0.05) is 67.8 Å². The summed E-state index contributed by atoms with van der Waals surface area (Å²) in [7, 11) is 2.05. The number of hydrogen-bond acceptors (Lipinski definition) is 7. The van der Waals surface area contributed by atoms with E-state index in [0.29, 0.717) is 22.3 Å². The van der Waals surface area contributed by atoms with Gasteiger partial charge in [0.05, 0.1) is 11.9 Å². The Balaban J connectivity index is 1.19. The van der Waals surface area contributed by atoms with E-state index in [4.69, 9.17) is 4.74 Å². The number of H-pyrrole nitrogens is 1. The third-order valence-corrected chi connectivity index (χ3v) is 7.51. The van der Waals surface area contributed by atoms with Crippen molar-refractivity contribution in [1.82, 2.24) is 24.3 Å². The Labute approximate surface area is 250 Å². The number of ether oxygens (including phenoxy) is 1. The van der Waals surface area contributed by atoms with E-state index in [9.17, 15) is 18.8 Å². The van der Waals surface area contributed by atoms with Gasteiger partial charge < -0.3 is 19.9 Å². The van der Waals surface area contributed by atoms with Crippen LogP contribution >= 0.6 is 0 Å². The molecule has 1 aliphatic rings. The number of likely N-dealkylation sites (N-methyl/N-ethyl adjacent to an activating group) is 1. The molecule has 2 N–H and O–H groups in total. The van der Waals surface area contributed by atoms with Gasteiger partial charge in [-0.3, -0.25) is 23.9 Å². The Morgan fingerprint density at radius 2 is 1.75 bits per heavy atom. The molecule has 44 heavy (non-hydrogen) atoms. The fourth-order valence-electron chi connectivity index (χ4n) is 5.08. The van der Waals surface area contributed by atoms with Gasteiger partial charge >= 0.3 is 0 Å². The zero-order valence-corrected chi connectivity index (χ0v) is 23.7. The topological polar surface area (TPSA) is 113 Å². The number of hydrogen-bond donors (Lipinski definition) is 2. The number of halogens is 2. The first-order chi connectivity index (χ1) is 21.3. The first kappa shape index (κ1) is 28.9. The summed E-state index contributed by atoms with van der Waals surface area (Å²) in [6.07, 6.45) is 4.55. The highest BCUT2D eigenvalue weighted by atomic mass is 19.1. The van der Waals surface area contributed by atoms with Crippen molar-refractivity contribution in [3.8, 4) is 17.2 Å². The normalized spacial score (nSPS) is 14.1. The number of amides is 1. The van der Waals surface area contributed by atoms with Crippen molar-refractivity contribution in [2.24, 2.45) is 0 Å². The maximum absolute atomic E-state index is 15.2.